The molecule has 18 heavy (non-hydrogen) atoms. The molecule has 3 nitrogen and oxygen atoms in total. The Morgan fingerprint density at radius 1 is 1.28 bits per heavy atom. The predicted molar refractivity (Wildman–Crippen MR) is 77.2 cm³/mol. The second kappa shape index (κ2) is 5.41. The lowest BCUT2D eigenvalue weighted by molar-refractivity contribution is 0.0555. The Labute approximate surface area is 114 Å². The van der Waals surface area contributed by atoms with Gasteiger partial charge in [-0.1, -0.05) is 31.5 Å². The molecule has 1 saturated carbocycles. The van der Waals surface area contributed by atoms with Crippen molar-refractivity contribution in [1.29, 1.82) is 0 Å². The molecule has 0 bridgehead atoms. The largest absolute Gasteiger partial charge is 0.381 e. The van der Waals surface area contributed by atoms with Crippen LogP contribution in [0.1, 0.15) is 45.4 Å². The van der Waals surface area contributed by atoms with Crippen molar-refractivity contribution in [2.24, 2.45) is 10.9 Å². The molecule has 102 valence electrons. The van der Waals surface area contributed by atoms with Gasteiger partial charge < -0.3 is 10.1 Å². The monoisotopic (exact) mass is 268 g/mol. The van der Waals surface area contributed by atoms with Gasteiger partial charge in [0.1, 0.15) is 0 Å². The van der Waals surface area contributed by atoms with Crippen LogP contribution in [0.15, 0.2) is 4.99 Å². The van der Waals surface area contributed by atoms with Crippen LogP contribution in [0.2, 0.25) is 0 Å². The second-order valence-electron chi connectivity index (χ2n) is 6.07. The van der Waals surface area contributed by atoms with Crippen molar-refractivity contribution in [3.8, 4) is 0 Å². The van der Waals surface area contributed by atoms with Crippen LogP contribution in [0, 0.1) is 5.92 Å². The maximum atomic E-state index is 5.47. The highest BCUT2D eigenvalue weighted by Gasteiger charge is 2.39. The molecule has 3 fully saturated rings. The molecule has 2 saturated heterocycles. The SMILES string of the molecule is CC1CCCCC1N=C1NC2(CCOCC2)CS1. The van der Waals surface area contributed by atoms with Gasteiger partial charge in [0.15, 0.2) is 5.17 Å². The summed E-state index contributed by atoms with van der Waals surface area (Å²) in [5, 5.41) is 4.91. The lowest BCUT2D eigenvalue weighted by Gasteiger charge is -2.33. The van der Waals surface area contributed by atoms with Crippen LogP contribution >= 0.6 is 11.8 Å². The van der Waals surface area contributed by atoms with Crippen LogP contribution in [0.5, 0.6) is 0 Å². The number of rotatable bonds is 1. The zero-order valence-corrected chi connectivity index (χ0v) is 12.1. The first-order chi connectivity index (χ1) is 8.77. The second-order valence-corrected chi connectivity index (χ2v) is 7.03. The molecule has 1 aliphatic carbocycles. The molecule has 2 heterocycles. The van der Waals surface area contributed by atoms with Gasteiger partial charge in [-0.05, 0) is 31.6 Å². The minimum atomic E-state index is 0.291. The quantitative estimate of drug-likeness (QED) is 0.794. The summed E-state index contributed by atoms with van der Waals surface area (Å²) in [7, 11) is 0. The van der Waals surface area contributed by atoms with Crippen molar-refractivity contribution in [1.82, 2.24) is 5.32 Å². The Kier molecular flexibility index (Phi) is 3.85. The summed E-state index contributed by atoms with van der Waals surface area (Å²) in [5.41, 5.74) is 0.291. The number of hydrogen-bond acceptors (Lipinski definition) is 3. The summed E-state index contributed by atoms with van der Waals surface area (Å²) >= 11 is 1.93. The molecule has 0 radical (unpaired) electrons. The average Bonchev–Trinajstić information content (AvgIpc) is 2.76. The molecule has 2 atom stereocenters. The van der Waals surface area contributed by atoms with Crippen LogP contribution in [0.3, 0.4) is 0 Å². The highest BCUT2D eigenvalue weighted by molar-refractivity contribution is 8.14. The van der Waals surface area contributed by atoms with Crippen LogP contribution in [-0.2, 0) is 4.74 Å². The van der Waals surface area contributed by atoms with E-state index in [1.54, 1.807) is 0 Å². The predicted octanol–water partition coefficient (Wildman–Crippen LogP) is 2.81. The Morgan fingerprint density at radius 2 is 2.06 bits per heavy atom. The number of hydrogen-bond donors (Lipinski definition) is 1. The summed E-state index contributed by atoms with van der Waals surface area (Å²) in [5.74, 6) is 1.94. The van der Waals surface area contributed by atoms with Gasteiger partial charge in [-0.3, -0.25) is 4.99 Å². The Hall–Kier alpha value is -0.220. The highest BCUT2D eigenvalue weighted by Crippen LogP contribution is 2.33. The molecule has 2 unspecified atom stereocenters. The van der Waals surface area contributed by atoms with Gasteiger partial charge in [-0.2, -0.15) is 0 Å². The fourth-order valence-electron chi connectivity index (χ4n) is 3.25. The lowest BCUT2D eigenvalue weighted by Crippen LogP contribution is -2.48. The van der Waals surface area contributed by atoms with E-state index in [4.69, 9.17) is 9.73 Å². The van der Waals surface area contributed by atoms with Gasteiger partial charge in [-0.15, -0.1) is 0 Å². The zero-order valence-electron chi connectivity index (χ0n) is 11.3. The highest BCUT2D eigenvalue weighted by atomic mass is 32.2. The molecular weight excluding hydrogens is 244 g/mol. The number of thioether (sulfide) groups is 1. The van der Waals surface area contributed by atoms with E-state index in [0.717, 1.165) is 32.0 Å². The first-order valence-electron chi connectivity index (χ1n) is 7.34. The van der Waals surface area contributed by atoms with E-state index in [1.165, 1.54) is 36.6 Å². The van der Waals surface area contributed by atoms with E-state index < -0.39 is 0 Å². The minimum Gasteiger partial charge on any atom is -0.381 e. The number of aliphatic imine (C=N–C) groups is 1. The number of nitrogens with one attached hydrogen (secondary N) is 1. The molecule has 4 heteroatoms. The lowest BCUT2D eigenvalue weighted by atomic mass is 9.86. The molecule has 2 aliphatic heterocycles. The van der Waals surface area contributed by atoms with Gasteiger partial charge in [0.2, 0.25) is 0 Å². The van der Waals surface area contributed by atoms with Crippen LogP contribution in [0.25, 0.3) is 0 Å². The molecule has 3 aliphatic rings. The topological polar surface area (TPSA) is 33.6 Å². The van der Waals surface area contributed by atoms with Gasteiger partial charge in [-0.25, -0.2) is 0 Å². The maximum Gasteiger partial charge on any atom is 0.157 e. The summed E-state index contributed by atoms with van der Waals surface area (Å²) in [6.45, 7) is 4.17. The Bertz CT molecular complexity index is 326. The van der Waals surface area contributed by atoms with Gasteiger partial charge >= 0.3 is 0 Å². The average molecular weight is 268 g/mol. The Balaban J connectivity index is 1.63. The van der Waals surface area contributed by atoms with E-state index in [9.17, 15) is 0 Å². The van der Waals surface area contributed by atoms with Crippen molar-refractivity contribution in [3.63, 3.8) is 0 Å². The van der Waals surface area contributed by atoms with E-state index in [1.807, 2.05) is 11.8 Å². The standard InChI is InChI=1S/C14H24N2OS/c1-11-4-2-3-5-12(11)15-13-16-14(10-18-13)6-8-17-9-7-14/h11-12H,2-10H2,1H3,(H,15,16). The summed E-state index contributed by atoms with van der Waals surface area (Å²) in [6, 6.07) is 0.559. The maximum absolute atomic E-state index is 5.47. The van der Waals surface area contributed by atoms with Crippen molar-refractivity contribution >= 4 is 16.9 Å². The van der Waals surface area contributed by atoms with Gasteiger partial charge in [0, 0.05) is 19.0 Å². The first-order valence-corrected chi connectivity index (χ1v) is 8.33. The Morgan fingerprint density at radius 3 is 2.83 bits per heavy atom. The zero-order chi connectivity index (χ0) is 12.4. The summed E-state index contributed by atoms with van der Waals surface area (Å²) < 4.78 is 5.47. The fourth-order valence-corrected chi connectivity index (χ4v) is 4.52. The van der Waals surface area contributed by atoms with Gasteiger partial charge in [0.05, 0.1) is 11.6 Å². The molecule has 0 amide bonds. The molecule has 1 N–H and O–H groups in total. The third kappa shape index (κ3) is 2.69. The molecule has 3 rings (SSSR count). The number of amidine groups is 1. The van der Waals surface area contributed by atoms with Crippen LogP contribution in [0.4, 0.5) is 0 Å². The first kappa shape index (κ1) is 12.8. The fraction of sp³-hybridized carbons (Fsp3) is 0.929. The van der Waals surface area contributed by atoms with E-state index in [-0.39, 0.29) is 0 Å². The minimum absolute atomic E-state index is 0.291. The molecule has 0 aromatic heterocycles. The molecular formula is C14H24N2OS. The van der Waals surface area contributed by atoms with Crippen molar-refractivity contribution in [2.45, 2.75) is 57.0 Å². The van der Waals surface area contributed by atoms with E-state index >= 15 is 0 Å². The summed E-state index contributed by atoms with van der Waals surface area (Å²) in [4.78, 5) is 4.99. The van der Waals surface area contributed by atoms with E-state index in [0.29, 0.717) is 11.6 Å². The third-order valence-electron chi connectivity index (χ3n) is 4.66. The number of nitrogens with zero attached hydrogens (tertiary/aromatic N) is 1. The van der Waals surface area contributed by atoms with Crippen molar-refractivity contribution in [2.75, 3.05) is 19.0 Å². The molecule has 0 aromatic carbocycles. The van der Waals surface area contributed by atoms with Gasteiger partial charge in [0.25, 0.3) is 0 Å². The summed E-state index contributed by atoms with van der Waals surface area (Å²) in [6.07, 6.45) is 7.66. The number of ether oxygens (including phenoxy) is 1. The molecule has 1 spiro atoms. The van der Waals surface area contributed by atoms with E-state index in [2.05, 4.69) is 12.2 Å². The third-order valence-corrected chi connectivity index (χ3v) is 5.83. The smallest absolute Gasteiger partial charge is 0.157 e. The van der Waals surface area contributed by atoms with Crippen molar-refractivity contribution < 1.29 is 4.74 Å². The normalized spacial score (nSPS) is 37.9. The van der Waals surface area contributed by atoms with Crippen LogP contribution < -0.4 is 5.32 Å². The molecule has 0 aromatic rings. The van der Waals surface area contributed by atoms with Crippen LogP contribution in [-0.4, -0.2) is 35.7 Å². The van der Waals surface area contributed by atoms with Crippen molar-refractivity contribution in [3.05, 3.63) is 0 Å².